The van der Waals surface area contributed by atoms with Crippen molar-refractivity contribution in [3.63, 3.8) is 0 Å². The highest BCUT2D eigenvalue weighted by molar-refractivity contribution is 9.10. The summed E-state index contributed by atoms with van der Waals surface area (Å²) in [7, 11) is 0. The van der Waals surface area contributed by atoms with E-state index in [2.05, 4.69) is 42.1 Å². The Labute approximate surface area is 147 Å². The molecule has 0 saturated carbocycles. The van der Waals surface area contributed by atoms with Crippen molar-refractivity contribution in [2.24, 2.45) is 0 Å². The second kappa shape index (κ2) is 7.56. The lowest BCUT2D eigenvalue weighted by Gasteiger charge is -2.08. The molecule has 2 aromatic carbocycles. The fourth-order valence-corrected chi connectivity index (χ4v) is 2.35. The first-order valence-electron chi connectivity index (χ1n) is 7.19. The van der Waals surface area contributed by atoms with Gasteiger partial charge in [0.25, 0.3) is 0 Å². The molecule has 120 valence electrons. The molecule has 0 aliphatic heterocycles. The Bertz CT molecular complexity index is 824. The minimum absolute atomic E-state index is 0.362. The number of amides is 2. The summed E-state index contributed by atoms with van der Waals surface area (Å²) in [6.45, 7) is 0. The van der Waals surface area contributed by atoms with Crippen LogP contribution in [0.1, 0.15) is 0 Å². The molecular weight excluding hydrogens is 370 g/mol. The summed E-state index contributed by atoms with van der Waals surface area (Å²) < 4.78 is 0.927. The highest BCUT2D eigenvalue weighted by Crippen LogP contribution is 2.24. The van der Waals surface area contributed by atoms with Gasteiger partial charge in [0.2, 0.25) is 0 Å². The van der Waals surface area contributed by atoms with Crippen LogP contribution in [0.15, 0.2) is 71.2 Å². The number of urea groups is 1. The number of benzene rings is 2. The van der Waals surface area contributed by atoms with Crippen LogP contribution in [0.5, 0.6) is 0 Å². The largest absolute Gasteiger partial charge is 0.338 e. The summed E-state index contributed by atoms with van der Waals surface area (Å²) in [4.78, 5) is 11.9. The van der Waals surface area contributed by atoms with Crippen molar-refractivity contribution in [3.05, 3.63) is 71.2 Å². The standard InChI is InChI=1S/C17H14BrN5O/c18-13-8-4-5-9-14(13)20-15-10-11-16(23-22-15)21-17(24)19-12-6-2-1-3-7-12/h1-11H,(H,20,22)(H2,19,21,23,24). The number of para-hydroxylation sites is 2. The van der Waals surface area contributed by atoms with Crippen LogP contribution in [0.4, 0.5) is 27.8 Å². The van der Waals surface area contributed by atoms with Crippen molar-refractivity contribution in [3.8, 4) is 0 Å². The molecule has 7 heteroatoms. The second-order valence-corrected chi connectivity index (χ2v) is 5.71. The van der Waals surface area contributed by atoms with Crippen LogP contribution in [0, 0.1) is 0 Å². The third kappa shape index (κ3) is 4.30. The van der Waals surface area contributed by atoms with Gasteiger partial charge in [0.05, 0.1) is 5.69 Å². The average molecular weight is 384 g/mol. The molecule has 0 saturated heterocycles. The monoisotopic (exact) mass is 383 g/mol. The van der Waals surface area contributed by atoms with Crippen molar-refractivity contribution in [1.82, 2.24) is 10.2 Å². The minimum atomic E-state index is -0.373. The third-order valence-electron chi connectivity index (χ3n) is 3.07. The Hall–Kier alpha value is -2.93. The highest BCUT2D eigenvalue weighted by atomic mass is 79.9. The summed E-state index contributed by atoms with van der Waals surface area (Å²) in [5.41, 5.74) is 1.59. The molecule has 0 atom stereocenters. The van der Waals surface area contributed by atoms with E-state index in [9.17, 15) is 4.79 Å². The van der Waals surface area contributed by atoms with Crippen molar-refractivity contribution in [1.29, 1.82) is 0 Å². The summed E-state index contributed by atoms with van der Waals surface area (Å²) in [6, 6.07) is 19.9. The molecule has 0 radical (unpaired) electrons. The summed E-state index contributed by atoms with van der Waals surface area (Å²) in [5.74, 6) is 0.942. The molecule has 1 aromatic heterocycles. The van der Waals surface area contributed by atoms with Crippen molar-refractivity contribution < 1.29 is 4.79 Å². The van der Waals surface area contributed by atoms with E-state index >= 15 is 0 Å². The molecular formula is C17H14BrN5O. The Morgan fingerprint density at radius 2 is 1.46 bits per heavy atom. The van der Waals surface area contributed by atoms with Gasteiger partial charge in [-0.2, -0.15) is 0 Å². The lowest BCUT2D eigenvalue weighted by atomic mass is 10.3. The van der Waals surface area contributed by atoms with Crippen molar-refractivity contribution in [2.75, 3.05) is 16.0 Å². The van der Waals surface area contributed by atoms with Crippen LogP contribution in [0.25, 0.3) is 0 Å². The topological polar surface area (TPSA) is 78.9 Å². The summed E-state index contributed by atoms with van der Waals surface area (Å²) >= 11 is 3.46. The van der Waals surface area contributed by atoms with E-state index in [-0.39, 0.29) is 6.03 Å². The van der Waals surface area contributed by atoms with Crippen LogP contribution < -0.4 is 16.0 Å². The van der Waals surface area contributed by atoms with Gasteiger partial charge in [-0.3, -0.25) is 5.32 Å². The van der Waals surface area contributed by atoms with Gasteiger partial charge >= 0.3 is 6.03 Å². The molecule has 0 bridgehead atoms. The van der Waals surface area contributed by atoms with Crippen LogP contribution in [-0.4, -0.2) is 16.2 Å². The number of hydrogen-bond donors (Lipinski definition) is 3. The number of nitrogens with one attached hydrogen (secondary N) is 3. The Morgan fingerprint density at radius 1 is 0.792 bits per heavy atom. The zero-order valence-corrected chi connectivity index (χ0v) is 14.1. The second-order valence-electron chi connectivity index (χ2n) is 4.85. The Morgan fingerprint density at radius 3 is 2.17 bits per heavy atom. The van der Waals surface area contributed by atoms with Crippen LogP contribution in [0.3, 0.4) is 0 Å². The normalized spacial score (nSPS) is 10.0. The minimum Gasteiger partial charge on any atom is -0.338 e. The predicted molar refractivity (Wildman–Crippen MR) is 98.5 cm³/mol. The van der Waals surface area contributed by atoms with Gasteiger partial charge in [-0.15, -0.1) is 10.2 Å². The molecule has 6 nitrogen and oxygen atoms in total. The number of hydrogen-bond acceptors (Lipinski definition) is 4. The molecule has 0 spiro atoms. The zero-order valence-electron chi connectivity index (χ0n) is 12.5. The molecule has 3 aromatic rings. The number of carbonyl (C=O) groups excluding carboxylic acids is 1. The van der Waals surface area contributed by atoms with E-state index in [1.807, 2.05) is 42.5 Å². The third-order valence-corrected chi connectivity index (χ3v) is 3.77. The SMILES string of the molecule is O=C(Nc1ccccc1)Nc1ccc(Nc2ccccc2Br)nn1. The van der Waals surface area contributed by atoms with Crippen molar-refractivity contribution >= 4 is 45.0 Å². The van der Waals surface area contributed by atoms with E-state index in [0.717, 1.165) is 10.2 Å². The molecule has 2 amide bonds. The van der Waals surface area contributed by atoms with E-state index in [0.29, 0.717) is 17.3 Å². The molecule has 3 rings (SSSR count). The lowest BCUT2D eigenvalue weighted by molar-refractivity contribution is 0.262. The number of aromatic nitrogens is 2. The van der Waals surface area contributed by atoms with E-state index in [1.54, 1.807) is 24.3 Å². The maximum atomic E-state index is 11.9. The molecule has 0 aliphatic carbocycles. The van der Waals surface area contributed by atoms with Gasteiger partial charge < -0.3 is 10.6 Å². The lowest BCUT2D eigenvalue weighted by Crippen LogP contribution is -2.20. The molecule has 3 N–H and O–H groups in total. The number of anilines is 4. The predicted octanol–water partition coefficient (Wildman–Crippen LogP) is 4.63. The Kier molecular flexibility index (Phi) is 5.02. The maximum Gasteiger partial charge on any atom is 0.324 e. The summed E-state index contributed by atoms with van der Waals surface area (Å²) in [6.07, 6.45) is 0. The quantitative estimate of drug-likeness (QED) is 0.613. The number of rotatable bonds is 4. The van der Waals surface area contributed by atoms with Gasteiger partial charge in [-0.05, 0) is 52.3 Å². The van der Waals surface area contributed by atoms with E-state index in [4.69, 9.17) is 0 Å². The Balaban J connectivity index is 1.60. The number of nitrogens with zero attached hydrogens (tertiary/aromatic N) is 2. The number of halogens is 1. The first-order chi connectivity index (χ1) is 11.7. The van der Waals surface area contributed by atoms with Crippen LogP contribution in [-0.2, 0) is 0 Å². The number of carbonyl (C=O) groups is 1. The van der Waals surface area contributed by atoms with Gasteiger partial charge in [0.15, 0.2) is 11.6 Å². The van der Waals surface area contributed by atoms with Crippen molar-refractivity contribution in [2.45, 2.75) is 0 Å². The summed E-state index contributed by atoms with van der Waals surface area (Å²) in [5, 5.41) is 16.5. The fraction of sp³-hybridized carbons (Fsp3) is 0. The zero-order chi connectivity index (χ0) is 16.8. The molecule has 0 unspecified atom stereocenters. The first kappa shape index (κ1) is 15.9. The van der Waals surface area contributed by atoms with Gasteiger partial charge in [0, 0.05) is 10.2 Å². The van der Waals surface area contributed by atoms with Gasteiger partial charge in [-0.1, -0.05) is 30.3 Å². The molecule has 0 fully saturated rings. The maximum absolute atomic E-state index is 11.9. The van der Waals surface area contributed by atoms with Crippen LogP contribution >= 0.6 is 15.9 Å². The average Bonchev–Trinajstić information content (AvgIpc) is 2.59. The van der Waals surface area contributed by atoms with E-state index in [1.165, 1.54) is 0 Å². The molecule has 1 heterocycles. The molecule has 0 aliphatic rings. The highest BCUT2D eigenvalue weighted by Gasteiger charge is 2.05. The van der Waals surface area contributed by atoms with Gasteiger partial charge in [-0.25, -0.2) is 4.79 Å². The first-order valence-corrected chi connectivity index (χ1v) is 7.98. The van der Waals surface area contributed by atoms with Crippen LogP contribution in [0.2, 0.25) is 0 Å². The van der Waals surface area contributed by atoms with E-state index < -0.39 is 0 Å². The fourth-order valence-electron chi connectivity index (χ4n) is 1.97. The molecule has 24 heavy (non-hydrogen) atoms. The van der Waals surface area contributed by atoms with Gasteiger partial charge in [0.1, 0.15) is 0 Å². The smallest absolute Gasteiger partial charge is 0.324 e.